The summed E-state index contributed by atoms with van der Waals surface area (Å²) in [5.74, 6) is -0.308. The van der Waals surface area contributed by atoms with Crippen LogP contribution in [0, 0.1) is 0 Å². The van der Waals surface area contributed by atoms with Crippen molar-refractivity contribution in [3.63, 3.8) is 0 Å². The molecule has 6 nitrogen and oxygen atoms in total. The van der Waals surface area contributed by atoms with Gasteiger partial charge in [0.25, 0.3) is 5.91 Å². The topological polar surface area (TPSA) is 77.0 Å². The van der Waals surface area contributed by atoms with Crippen molar-refractivity contribution in [1.29, 1.82) is 0 Å². The quantitative estimate of drug-likeness (QED) is 0.436. The van der Waals surface area contributed by atoms with Crippen LogP contribution in [0.2, 0.25) is 0 Å². The number of rotatable bonds is 7. The Morgan fingerprint density at radius 3 is 2.44 bits per heavy atom. The van der Waals surface area contributed by atoms with Gasteiger partial charge in [0.05, 0.1) is 18.4 Å². The highest BCUT2D eigenvalue weighted by Gasteiger charge is 2.07. The number of hydrogen-bond acceptors (Lipinski definition) is 5. The highest BCUT2D eigenvalue weighted by Crippen LogP contribution is 2.13. The fourth-order valence-corrected chi connectivity index (χ4v) is 2.07. The SMILES string of the molecule is CCOC(=O)c1ccc(OCC(=O)N/N=C/c2ccc(Br)cc2)cc1. The second-order valence-electron chi connectivity index (χ2n) is 4.88. The molecule has 0 radical (unpaired) electrons. The molecule has 0 spiro atoms. The Hall–Kier alpha value is -2.67. The third kappa shape index (κ3) is 6.39. The van der Waals surface area contributed by atoms with Gasteiger partial charge in [-0.05, 0) is 48.9 Å². The second kappa shape index (κ2) is 9.58. The van der Waals surface area contributed by atoms with Gasteiger partial charge in [-0.2, -0.15) is 5.10 Å². The lowest BCUT2D eigenvalue weighted by molar-refractivity contribution is -0.123. The lowest BCUT2D eigenvalue weighted by Crippen LogP contribution is -2.24. The van der Waals surface area contributed by atoms with E-state index in [2.05, 4.69) is 26.5 Å². The van der Waals surface area contributed by atoms with Crippen molar-refractivity contribution < 1.29 is 19.1 Å². The molecule has 1 amide bonds. The van der Waals surface area contributed by atoms with Crippen molar-refractivity contribution in [3.05, 3.63) is 64.1 Å². The molecule has 2 aromatic carbocycles. The van der Waals surface area contributed by atoms with Crippen molar-refractivity contribution in [2.24, 2.45) is 5.10 Å². The number of hydrazone groups is 1. The summed E-state index contributed by atoms with van der Waals surface area (Å²) in [6.45, 7) is 1.88. The van der Waals surface area contributed by atoms with Crippen LogP contribution in [0.4, 0.5) is 0 Å². The van der Waals surface area contributed by atoms with Crippen molar-refractivity contribution >= 4 is 34.0 Å². The molecular formula is C18H17BrN2O4. The van der Waals surface area contributed by atoms with Crippen LogP contribution in [0.3, 0.4) is 0 Å². The summed E-state index contributed by atoms with van der Waals surface area (Å²) in [4.78, 5) is 23.2. The molecule has 0 aliphatic heterocycles. The Morgan fingerprint density at radius 1 is 1.12 bits per heavy atom. The zero-order valence-corrected chi connectivity index (χ0v) is 15.2. The van der Waals surface area contributed by atoms with Crippen LogP contribution in [0.1, 0.15) is 22.8 Å². The van der Waals surface area contributed by atoms with Crippen molar-refractivity contribution in [3.8, 4) is 5.75 Å². The molecule has 0 heterocycles. The molecule has 0 aliphatic rings. The maximum atomic E-state index is 11.7. The highest BCUT2D eigenvalue weighted by atomic mass is 79.9. The first-order chi connectivity index (χ1) is 12.1. The van der Waals surface area contributed by atoms with Crippen LogP contribution in [0.15, 0.2) is 58.1 Å². The molecule has 0 fully saturated rings. The molecule has 1 N–H and O–H groups in total. The number of carbonyl (C=O) groups excluding carboxylic acids is 2. The zero-order valence-electron chi connectivity index (χ0n) is 13.6. The van der Waals surface area contributed by atoms with Crippen LogP contribution < -0.4 is 10.2 Å². The molecule has 2 aromatic rings. The van der Waals surface area contributed by atoms with Gasteiger partial charge in [-0.3, -0.25) is 4.79 Å². The van der Waals surface area contributed by atoms with E-state index >= 15 is 0 Å². The smallest absolute Gasteiger partial charge is 0.338 e. The molecule has 0 bridgehead atoms. The summed E-state index contributed by atoms with van der Waals surface area (Å²) >= 11 is 3.34. The number of halogens is 1. The van der Waals surface area contributed by atoms with Gasteiger partial charge in [0.15, 0.2) is 6.61 Å². The van der Waals surface area contributed by atoms with Gasteiger partial charge in [-0.25, -0.2) is 10.2 Å². The van der Waals surface area contributed by atoms with Crippen LogP contribution in [0.5, 0.6) is 5.75 Å². The maximum absolute atomic E-state index is 11.7. The number of nitrogens with one attached hydrogen (secondary N) is 1. The predicted octanol–water partition coefficient (Wildman–Crippen LogP) is 3.15. The van der Waals surface area contributed by atoms with Crippen LogP contribution in [-0.4, -0.2) is 31.3 Å². The number of benzene rings is 2. The third-order valence-electron chi connectivity index (χ3n) is 3.01. The van der Waals surface area contributed by atoms with Crippen molar-refractivity contribution in [1.82, 2.24) is 5.43 Å². The van der Waals surface area contributed by atoms with E-state index in [0.717, 1.165) is 10.0 Å². The summed E-state index contributed by atoms with van der Waals surface area (Å²) in [5.41, 5.74) is 3.67. The van der Waals surface area contributed by atoms with E-state index in [0.29, 0.717) is 17.9 Å². The standard InChI is InChI=1S/C18H17BrN2O4/c1-2-24-18(23)14-5-9-16(10-6-14)25-12-17(22)21-20-11-13-3-7-15(19)8-4-13/h3-11H,2,12H2,1H3,(H,21,22)/b20-11+. The Kier molecular flexibility index (Phi) is 7.16. The van der Waals surface area contributed by atoms with E-state index in [9.17, 15) is 9.59 Å². The summed E-state index contributed by atoms with van der Waals surface area (Å²) < 4.78 is 11.2. The minimum atomic E-state index is -0.394. The molecular weight excluding hydrogens is 388 g/mol. The van der Waals surface area contributed by atoms with E-state index in [1.807, 2.05) is 24.3 Å². The van der Waals surface area contributed by atoms with Gasteiger partial charge in [0.1, 0.15) is 5.75 Å². The molecule has 0 saturated heterocycles. The van der Waals surface area contributed by atoms with E-state index in [1.165, 1.54) is 0 Å². The van der Waals surface area contributed by atoms with E-state index in [4.69, 9.17) is 9.47 Å². The Morgan fingerprint density at radius 2 is 1.80 bits per heavy atom. The molecule has 130 valence electrons. The van der Waals surface area contributed by atoms with Crippen LogP contribution >= 0.6 is 15.9 Å². The lowest BCUT2D eigenvalue weighted by atomic mass is 10.2. The fraction of sp³-hybridized carbons (Fsp3) is 0.167. The number of carbonyl (C=O) groups is 2. The van der Waals surface area contributed by atoms with Crippen LogP contribution in [0.25, 0.3) is 0 Å². The Labute approximate surface area is 154 Å². The lowest BCUT2D eigenvalue weighted by Gasteiger charge is -2.06. The normalized spacial score (nSPS) is 10.5. The van der Waals surface area contributed by atoms with E-state index in [-0.39, 0.29) is 12.5 Å². The minimum Gasteiger partial charge on any atom is -0.484 e. The highest BCUT2D eigenvalue weighted by molar-refractivity contribution is 9.10. The maximum Gasteiger partial charge on any atom is 0.338 e. The van der Waals surface area contributed by atoms with Gasteiger partial charge < -0.3 is 9.47 Å². The van der Waals surface area contributed by atoms with Gasteiger partial charge in [-0.1, -0.05) is 28.1 Å². The van der Waals surface area contributed by atoms with Gasteiger partial charge in [0, 0.05) is 4.47 Å². The monoisotopic (exact) mass is 404 g/mol. The molecule has 0 aliphatic carbocycles. The number of esters is 1. The predicted molar refractivity (Wildman–Crippen MR) is 97.8 cm³/mol. The zero-order chi connectivity index (χ0) is 18.1. The minimum absolute atomic E-state index is 0.184. The van der Waals surface area contributed by atoms with Crippen molar-refractivity contribution in [2.75, 3.05) is 13.2 Å². The average Bonchev–Trinajstić information content (AvgIpc) is 2.62. The summed E-state index contributed by atoms with van der Waals surface area (Å²) in [7, 11) is 0. The first-order valence-electron chi connectivity index (χ1n) is 7.56. The van der Waals surface area contributed by atoms with Crippen molar-refractivity contribution in [2.45, 2.75) is 6.92 Å². The molecule has 7 heteroatoms. The summed E-state index contributed by atoms with van der Waals surface area (Å²) in [5, 5.41) is 3.86. The number of nitrogens with zero attached hydrogens (tertiary/aromatic N) is 1. The molecule has 25 heavy (non-hydrogen) atoms. The van der Waals surface area contributed by atoms with Gasteiger partial charge in [-0.15, -0.1) is 0 Å². The fourth-order valence-electron chi connectivity index (χ4n) is 1.81. The van der Waals surface area contributed by atoms with Crippen LogP contribution in [-0.2, 0) is 9.53 Å². The Bertz CT molecular complexity index is 743. The first-order valence-corrected chi connectivity index (χ1v) is 8.35. The second-order valence-corrected chi connectivity index (χ2v) is 5.79. The number of hydrogen-bond donors (Lipinski definition) is 1. The molecule has 0 atom stereocenters. The molecule has 0 unspecified atom stereocenters. The summed E-state index contributed by atoms with van der Waals surface area (Å²) in [6.07, 6.45) is 1.54. The molecule has 0 aromatic heterocycles. The molecule has 2 rings (SSSR count). The third-order valence-corrected chi connectivity index (χ3v) is 3.54. The number of amides is 1. The average molecular weight is 405 g/mol. The first kappa shape index (κ1) is 18.7. The molecule has 0 saturated carbocycles. The summed E-state index contributed by atoms with van der Waals surface area (Å²) in [6, 6.07) is 13.9. The number of ether oxygens (including phenoxy) is 2. The van der Waals surface area contributed by atoms with Gasteiger partial charge in [0.2, 0.25) is 0 Å². The Balaban J connectivity index is 1.77. The van der Waals surface area contributed by atoms with E-state index < -0.39 is 5.97 Å². The van der Waals surface area contributed by atoms with E-state index in [1.54, 1.807) is 37.4 Å². The van der Waals surface area contributed by atoms with Gasteiger partial charge >= 0.3 is 5.97 Å². The largest absolute Gasteiger partial charge is 0.484 e.